The Bertz CT molecular complexity index is 1080. The SMILES string of the molecule is CC(C)CCNC(=O)c1c[nH]c2ccc(S(=O)(=O)N3CC(C)CC(C)C3)cc2c1=O. The van der Waals surface area contributed by atoms with Crippen LogP contribution in [0.25, 0.3) is 10.9 Å². The first-order chi connectivity index (χ1) is 14.1. The fourth-order valence-corrected chi connectivity index (χ4v) is 5.75. The van der Waals surface area contributed by atoms with E-state index in [1.54, 1.807) is 6.07 Å². The van der Waals surface area contributed by atoms with Crippen LogP contribution in [0.5, 0.6) is 0 Å². The Labute approximate surface area is 177 Å². The van der Waals surface area contributed by atoms with Gasteiger partial charge in [-0.2, -0.15) is 4.31 Å². The zero-order chi connectivity index (χ0) is 22.1. The van der Waals surface area contributed by atoms with E-state index < -0.39 is 21.4 Å². The van der Waals surface area contributed by atoms with Crippen LogP contribution in [0, 0.1) is 17.8 Å². The lowest BCUT2D eigenvalue weighted by atomic mass is 9.94. The first kappa shape index (κ1) is 22.5. The van der Waals surface area contributed by atoms with Crippen molar-refractivity contribution in [2.75, 3.05) is 19.6 Å². The van der Waals surface area contributed by atoms with Gasteiger partial charge in [0.25, 0.3) is 5.91 Å². The number of aromatic amines is 1. The van der Waals surface area contributed by atoms with E-state index in [9.17, 15) is 18.0 Å². The maximum absolute atomic E-state index is 13.2. The van der Waals surface area contributed by atoms with E-state index in [0.29, 0.717) is 31.1 Å². The van der Waals surface area contributed by atoms with E-state index in [1.165, 1.54) is 22.6 Å². The lowest BCUT2D eigenvalue weighted by Gasteiger charge is -2.34. The number of pyridine rings is 1. The normalized spacial score (nSPS) is 20.6. The summed E-state index contributed by atoms with van der Waals surface area (Å²) in [6, 6.07) is 4.49. The summed E-state index contributed by atoms with van der Waals surface area (Å²) in [5.41, 5.74) is 0.0160. The van der Waals surface area contributed by atoms with Crippen LogP contribution in [0.15, 0.2) is 34.1 Å². The van der Waals surface area contributed by atoms with Gasteiger partial charge in [-0.15, -0.1) is 0 Å². The molecule has 2 N–H and O–H groups in total. The van der Waals surface area contributed by atoms with Crippen molar-refractivity contribution in [3.05, 3.63) is 40.2 Å². The monoisotopic (exact) mass is 433 g/mol. The number of rotatable bonds is 6. The molecule has 1 aromatic carbocycles. The number of nitrogens with zero attached hydrogens (tertiary/aromatic N) is 1. The van der Waals surface area contributed by atoms with Gasteiger partial charge >= 0.3 is 0 Å². The van der Waals surface area contributed by atoms with Crippen molar-refractivity contribution in [3.8, 4) is 0 Å². The third kappa shape index (κ3) is 4.75. The zero-order valence-electron chi connectivity index (χ0n) is 18.1. The molecule has 0 aliphatic carbocycles. The second-order valence-corrected chi connectivity index (χ2v) is 10.9. The van der Waals surface area contributed by atoms with Gasteiger partial charge in [0.05, 0.1) is 4.90 Å². The van der Waals surface area contributed by atoms with Gasteiger partial charge in [-0.05, 0) is 48.8 Å². The summed E-state index contributed by atoms with van der Waals surface area (Å²) in [5, 5.41) is 2.96. The summed E-state index contributed by atoms with van der Waals surface area (Å²) in [6.07, 6.45) is 3.20. The Hall–Kier alpha value is -2.19. The number of carbonyl (C=O) groups is 1. The minimum absolute atomic E-state index is 0.0129. The van der Waals surface area contributed by atoms with Crippen LogP contribution in [-0.4, -0.2) is 43.2 Å². The third-order valence-corrected chi connectivity index (χ3v) is 7.40. The molecule has 1 aliphatic heterocycles. The third-order valence-electron chi connectivity index (χ3n) is 5.58. The molecule has 2 atom stereocenters. The highest BCUT2D eigenvalue weighted by atomic mass is 32.2. The molecular formula is C22H31N3O4S. The van der Waals surface area contributed by atoms with Crippen molar-refractivity contribution in [3.63, 3.8) is 0 Å². The molecule has 2 unspecified atom stereocenters. The van der Waals surface area contributed by atoms with Gasteiger partial charge in [0.2, 0.25) is 15.5 Å². The van der Waals surface area contributed by atoms with Crippen molar-refractivity contribution in [1.29, 1.82) is 0 Å². The molecule has 1 saturated heterocycles. The van der Waals surface area contributed by atoms with Crippen LogP contribution in [0.4, 0.5) is 0 Å². The second kappa shape index (κ2) is 8.89. The quantitative estimate of drug-likeness (QED) is 0.731. The summed E-state index contributed by atoms with van der Waals surface area (Å²) in [6.45, 7) is 9.63. The number of benzene rings is 1. The largest absolute Gasteiger partial charge is 0.360 e. The zero-order valence-corrected chi connectivity index (χ0v) is 18.9. The van der Waals surface area contributed by atoms with Crippen LogP contribution < -0.4 is 10.7 Å². The molecule has 2 heterocycles. The molecule has 0 spiro atoms. The van der Waals surface area contributed by atoms with E-state index in [1.807, 2.05) is 13.8 Å². The Morgan fingerprint density at radius 2 is 1.90 bits per heavy atom. The number of amides is 1. The molecule has 1 aromatic heterocycles. The highest BCUT2D eigenvalue weighted by molar-refractivity contribution is 7.89. The molecule has 0 bridgehead atoms. The molecule has 0 radical (unpaired) electrons. The molecule has 1 aliphatic rings. The van der Waals surface area contributed by atoms with Gasteiger partial charge < -0.3 is 10.3 Å². The number of nitrogens with one attached hydrogen (secondary N) is 2. The van der Waals surface area contributed by atoms with Crippen LogP contribution in [0.1, 0.15) is 50.9 Å². The summed E-state index contributed by atoms with van der Waals surface area (Å²) < 4.78 is 27.9. The van der Waals surface area contributed by atoms with Gasteiger partial charge in [-0.3, -0.25) is 9.59 Å². The molecule has 30 heavy (non-hydrogen) atoms. The number of sulfonamides is 1. The topological polar surface area (TPSA) is 99.3 Å². The van der Waals surface area contributed by atoms with E-state index in [2.05, 4.69) is 24.1 Å². The number of hydrogen-bond donors (Lipinski definition) is 2. The number of carbonyl (C=O) groups excluding carboxylic acids is 1. The fraction of sp³-hybridized carbons (Fsp3) is 0.545. The van der Waals surface area contributed by atoms with E-state index in [0.717, 1.165) is 12.8 Å². The predicted octanol–water partition coefficient (Wildman–Crippen LogP) is 2.97. The minimum Gasteiger partial charge on any atom is -0.360 e. The number of piperidine rings is 1. The van der Waals surface area contributed by atoms with E-state index in [4.69, 9.17) is 0 Å². The Balaban J connectivity index is 1.94. The van der Waals surface area contributed by atoms with Crippen molar-refractivity contribution in [2.24, 2.45) is 17.8 Å². The van der Waals surface area contributed by atoms with Crippen molar-refractivity contribution < 1.29 is 13.2 Å². The van der Waals surface area contributed by atoms with Gasteiger partial charge in [0.15, 0.2) is 0 Å². The molecule has 164 valence electrons. The van der Waals surface area contributed by atoms with Crippen LogP contribution in [0.2, 0.25) is 0 Å². The Morgan fingerprint density at radius 3 is 2.53 bits per heavy atom. The smallest absolute Gasteiger partial charge is 0.256 e. The van der Waals surface area contributed by atoms with Crippen molar-refractivity contribution in [2.45, 2.75) is 45.4 Å². The molecule has 3 rings (SSSR count). The van der Waals surface area contributed by atoms with E-state index in [-0.39, 0.29) is 27.7 Å². The van der Waals surface area contributed by atoms with Crippen LogP contribution in [-0.2, 0) is 10.0 Å². The molecule has 1 fully saturated rings. The highest BCUT2D eigenvalue weighted by Crippen LogP contribution is 2.27. The minimum atomic E-state index is -3.71. The predicted molar refractivity (Wildman–Crippen MR) is 118 cm³/mol. The Kier molecular flexibility index (Phi) is 6.67. The van der Waals surface area contributed by atoms with Crippen LogP contribution in [0.3, 0.4) is 0 Å². The number of hydrogen-bond acceptors (Lipinski definition) is 4. The van der Waals surface area contributed by atoms with Gasteiger partial charge in [-0.1, -0.05) is 27.7 Å². The standard InChI is InChI=1S/C22H31N3O4S/c1-14(2)7-8-23-22(27)19-11-24-20-6-5-17(10-18(20)21(19)26)30(28,29)25-12-15(3)9-16(4)13-25/h5-6,10-11,14-16H,7-9,12-13H2,1-4H3,(H,23,27)(H,24,26). The first-order valence-electron chi connectivity index (χ1n) is 10.5. The second-order valence-electron chi connectivity index (χ2n) is 8.95. The Morgan fingerprint density at radius 1 is 1.23 bits per heavy atom. The molecule has 8 heteroatoms. The number of aromatic nitrogens is 1. The summed E-state index contributed by atoms with van der Waals surface area (Å²) in [4.78, 5) is 28.4. The van der Waals surface area contributed by atoms with Crippen LogP contribution >= 0.6 is 0 Å². The summed E-state index contributed by atoms with van der Waals surface area (Å²) >= 11 is 0. The average Bonchev–Trinajstić information content (AvgIpc) is 2.67. The number of H-pyrrole nitrogens is 1. The maximum Gasteiger partial charge on any atom is 0.256 e. The summed E-state index contributed by atoms with van der Waals surface area (Å²) in [7, 11) is -3.71. The van der Waals surface area contributed by atoms with Crippen molar-refractivity contribution >= 4 is 26.8 Å². The lowest BCUT2D eigenvalue weighted by Crippen LogP contribution is -2.42. The molecule has 2 aromatic rings. The molecule has 7 nitrogen and oxygen atoms in total. The highest BCUT2D eigenvalue weighted by Gasteiger charge is 2.32. The van der Waals surface area contributed by atoms with Gasteiger partial charge in [0.1, 0.15) is 5.56 Å². The first-order valence-corrected chi connectivity index (χ1v) is 12.0. The van der Waals surface area contributed by atoms with Gasteiger partial charge in [-0.25, -0.2) is 8.42 Å². The molecule has 1 amide bonds. The molecular weight excluding hydrogens is 402 g/mol. The molecule has 0 saturated carbocycles. The summed E-state index contributed by atoms with van der Waals surface area (Å²) in [5.74, 6) is 0.556. The van der Waals surface area contributed by atoms with Gasteiger partial charge in [0, 0.05) is 36.7 Å². The van der Waals surface area contributed by atoms with E-state index >= 15 is 0 Å². The lowest BCUT2D eigenvalue weighted by molar-refractivity contribution is 0.0951. The maximum atomic E-state index is 13.2. The fourth-order valence-electron chi connectivity index (χ4n) is 4.05. The average molecular weight is 434 g/mol. The number of fused-ring (bicyclic) bond motifs is 1. The van der Waals surface area contributed by atoms with Crippen molar-refractivity contribution in [1.82, 2.24) is 14.6 Å².